The average molecular weight is 791 g/mol. The summed E-state index contributed by atoms with van der Waals surface area (Å²) in [5.41, 5.74) is 2.88. The molecular weight excluding hydrogens is 754 g/mol. The van der Waals surface area contributed by atoms with Gasteiger partial charge in [0.1, 0.15) is 6.61 Å². The van der Waals surface area contributed by atoms with Crippen LogP contribution >= 0.6 is 27.3 Å². The van der Waals surface area contributed by atoms with Crippen molar-refractivity contribution in [1.29, 1.82) is 5.26 Å². The number of thiazole rings is 1. The van der Waals surface area contributed by atoms with Crippen LogP contribution in [0.3, 0.4) is 0 Å². The Labute approximate surface area is 312 Å². The molecule has 2 heterocycles. The zero-order chi connectivity index (χ0) is 37.4. The van der Waals surface area contributed by atoms with Gasteiger partial charge in [0.15, 0.2) is 34.4 Å². The van der Waals surface area contributed by atoms with Crippen LogP contribution in [-0.2, 0) is 25.7 Å². The van der Waals surface area contributed by atoms with Gasteiger partial charge in [-0.3, -0.25) is 9.36 Å². The third-order valence-electron chi connectivity index (χ3n) is 7.77. The molecule has 1 aliphatic rings. The molecule has 0 radical (unpaired) electrons. The first-order valence-electron chi connectivity index (χ1n) is 16.4. The number of rotatable bonds is 14. The van der Waals surface area contributed by atoms with Gasteiger partial charge in [-0.2, -0.15) is 5.26 Å². The Morgan fingerprint density at radius 2 is 1.69 bits per heavy atom. The van der Waals surface area contributed by atoms with E-state index in [4.69, 9.17) is 33.7 Å². The van der Waals surface area contributed by atoms with Gasteiger partial charge < -0.3 is 28.4 Å². The van der Waals surface area contributed by atoms with E-state index in [-0.39, 0.29) is 31.0 Å². The summed E-state index contributed by atoms with van der Waals surface area (Å²) in [6, 6.07) is 16.9. The molecule has 0 unspecified atom stereocenters. The Balaban J connectivity index is 1.58. The second-order valence-electron chi connectivity index (χ2n) is 11.2. The van der Waals surface area contributed by atoms with E-state index in [0.29, 0.717) is 72.4 Å². The predicted octanol–water partition coefficient (Wildman–Crippen LogP) is 5.36. The quantitative estimate of drug-likeness (QED) is 0.153. The van der Waals surface area contributed by atoms with Crippen LogP contribution < -0.4 is 33.8 Å². The molecule has 5 rings (SSSR count). The maximum atomic E-state index is 14.3. The topological polar surface area (TPSA) is 148 Å². The Morgan fingerprint density at radius 3 is 2.37 bits per heavy atom. The summed E-state index contributed by atoms with van der Waals surface area (Å²) in [6.07, 6.45) is 1.73. The number of esters is 2. The Hall–Kier alpha value is -5.39. The third kappa shape index (κ3) is 8.38. The van der Waals surface area contributed by atoms with E-state index >= 15 is 0 Å². The molecular formula is C38H36BrN3O9S. The second kappa shape index (κ2) is 17.2. The van der Waals surface area contributed by atoms with Gasteiger partial charge in [-0.25, -0.2) is 14.6 Å². The van der Waals surface area contributed by atoms with Gasteiger partial charge in [0.2, 0.25) is 0 Å². The number of fused-ring (bicyclic) bond motifs is 1. The molecule has 1 aromatic heterocycles. The van der Waals surface area contributed by atoms with Crippen molar-refractivity contribution in [2.75, 3.05) is 33.5 Å². The molecule has 0 amide bonds. The first-order chi connectivity index (χ1) is 25.1. The maximum Gasteiger partial charge on any atom is 0.343 e. The van der Waals surface area contributed by atoms with Gasteiger partial charge in [-0.1, -0.05) is 29.5 Å². The summed E-state index contributed by atoms with van der Waals surface area (Å²) in [7, 11) is 1.26. The van der Waals surface area contributed by atoms with Gasteiger partial charge in [-0.05, 0) is 103 Å². The smallest absolute Gasteiger partial charge is 0.343 e. The number of hydrogen-bond acceptors (Lipinski definition) is 12. The highest BCUT2D eigenvalue weighted by atomic mass is 79.9. The lowest BCUT2D eigenvalue weighted by Crippen LogP contribution is -2.40. The van der Waals surface area contributed by atoms with E-state index in [1.54, 1.807) is 63.2 Å². The van der Waals surface area contributed by atoms with Crippen molar-refractivity contribution in [1.82, 2.24) is 4.57 Å². The molecule has 270 valence electrons. The average Bonchev–Trinajstić information content (AvgIpc) is 3.43. The number of carbonyl (C=O) groups is 2. The minimum atomic E-state index is -0.907. The van der Waals surface area contributed by atoms with E-state index in [2.05, 4.69) is 27.0 Å². The van der Waals surface area contributed by atoms with Gasteiger partial charge in [0.05, 0.1) is 64.9 Å². The van der Waals surface area contributed by atoms with Gasteiger partial charge in [0, 0.05) is 0 Å². The van der Waals surface area contributed by atoms with Crippen molar-refractivity contribution < 1.29 is 38.0 Å². The monoisotopic (exact) mass is 789 g/mol. The fourth-order valence-corrected chi connectivity index (χ4v) is 7.06. The molecule has 1 aliphatic heterocycles. The van der Waals surface area contributed by atoms with E-state index in [1.807, 2.05) is 25.1 Å². The molecule has 0 saturated carbocycles. The highest BCUT2D eigenvalue weighted by Gasteiger charge is 2.34. The van der Waals surface area contributed by atoms with Crippen molar-refractivity contribution in [3.63, 3.8) is 0 Å². The standard InChI is InChI=1S/C38H36BrN3O9S/c1-6-47-29-18-26(13-14-28(29)50-21-32(43)46-5)34-33(37(45)49-8-3)22(4)41-38-42(34)36(44)31(52-38)17-25-15-27(39)35(30(16-25)48-7-2)51-20-24-11-9-23(19-40)10-12-24/h9-18,34H,6-8,20-21H2,1-5H3/b31-17+/t34-/m1/s1. The Kier molecular flexibility index (Phi) is 12.5. The number of nitriles is 1. The minimum Gasteiger partial charge on any atom is -0.490 e. The summed E-state index contributed by atoms with van der Waals surface area (Å²) < 4.78 is 36.1. The number of ether oxygens (including phenoxy) is 6. The van der Waals surface area contributed by atoms with Gasteiger partial charge >= 0.3 is 11.9 Å². The summed E-state index contributed by atoms with van der Waals surface area (Å²) in [4.78, 5) is 44.6. The summed E-state index contributed by atoms with van der Waals surface area (Å²) in [5, 5.41) is 9.10. The Bertz CT molecular complexity index is 2240. The molecule has 0 saturated heterocycles. The van der Waals surface area contributed by atoms with Gasteiger partial charge in [0.25, 0.3) is 5.56 Å². The third-order valence-corrected chi connectivity index (χ3v) is 9.34. The van der Waals surface area contributed by atoms with Crippen molar-refractivity contribution in [2.45, 2.75) is 40.3 Å². The molecule has 52 heavy (non-hydrogen) atoms. The summed E-state index contributed by atoms with van der Waals surface area (Å²) in [6.45, 7) is 7.78. The largest absolute Gasteiger partial charge is 0.490 e. The van der Waals surface area contributed by atoms with E-state index < -0.39 is 18.0 Å². The van der Waals surface area contributed by atoms with Crippen LogP contribution in [0, 0.1) is 11.3 Å². The number of hydrogen-bond donors (Lipinski definition) is 0. The molecule has 1 atom stereocenters. The normalized spacial score (nSPS) is 13.8. The highest BCUT2D eigenvalue weighted by molar-refractivity contribution is 9.10. The van der Waals surface area contributed by atoms with Crippen LogP contribution in [-0.4, -0.2) is 50.0 Å². The molecule has 12 nitrogen and oxygen atoms in total. The van der Waals surface area contributed by atoms with Crippen molar-refractivity contribution in [3.05, 3.63) is 112 Å². The first kappa shape index (κ1) is 37.9. The number of aromatic nitrogens is 1. The molecule has 4 aromatic rings. The summed E-state index contributed by atoms with van der Waals surface area (Å²) >= 11 is 4.80. The SMILES string of the molecule is CCOC(=O)C1=C(C)N=c2s/c(=C/c3cc(Br)c(OCc4ccc(C#N)cc4)c(OCC)c3)c(=O)n2[C@@H]1c1ccc(OCC(=O)OC)c(OCC)c1. The van der Waals surface area contributed by atoms with E-state index in [9.17, 15) is 14.4 Å². The first-order valence-corrected chi connectivity index (χ1v) is 18.0. The summed E-state index contributed by atoms with van der Waals surface area (Å²) in [5.74, 6) is 0.409. The highest BCUT2D eigenvalue weighted by Crippen LogP contribution is 2.39. The van der Waals surface area contributed by atoms with Crippen LogP contribution in [0.1, 0.15) is 56.0 Å². The lowest BCUT2D eigenvalue weighted by Gasteiger charge is -2.25. The van der Waals surface area contributed by atoms with Crippen LogP contribution in [0.5, 0.6) is 23.0 Å². The van der Waals surface area contributed by atoms with Crippen LogP contribution in [0.4, 0.5) is 0 Å². The zero-order valence-electron chi connectivity index (χ0n) is 29.2. The van der Waals surface area contributed by atoms with Crippen LogP contribution in [0.2, 0.25) is 0 Å². The number of nitrogens with zero attached hydrogens (tertiary/aromatic N) is 3. The number of benzene rings is 3. The predicted molar refractivity (Wildman–Crippen MR) is 196 cm³/mol. The lowest BCUT2D eigenvalue weighted by atomic mass is 9.95. The van der Waals surface area contributed by atoms with Crippen molar-refractivity contribution in [2.24, 2.45) is 4.99 Å². The number of methoxy groups -OCH3 is 1. The number of allylic oxidation sites excluding steroid dienone is 1. The molecule has 0 spiro atoms. The van der Waals surface area contributed by atoms with Gasteiger partial charge in [-0.15, -0.1) is 0 Å². The molecule has 14 heteroatoms. The number of halogens is 1. The van der Waals surface area contributed by atoms with Crippen molar-refractivity contribution in [3.8, 4) is 29.1 Å². The van der Waals surface area contributed by atoms with Crippen molar-refractivity contribution >= 4 is 45.3 Å². The number of carbonyl (C=O) groups excluding carboxylic acids is 2. The van der Waals surface area contributed by atoms with E-state index in [1.165, 1.54) is 23.0 Å². The molecule has 0 bridgehead atoms. The molecule has 0 fully saturated rings. The second-order valence-corrected chi connectivity index (χ2v) is 13.0. The fraction of sp³-hybridized carbons (Fsp3) is 0.289. The lowest BCUT2D eigenvalue weighted by molar-refractivity contribution is -0.143. The Morgan fingerprint density at radius 1 is 0.962 bits per heavy atom. The van der Waals surface area contributed by atoms with Crippen LogP contribution in [0.25, 0.3) is 6.08 Å². The maximum absolute atomic E-state index is 14.3. The molecule has 0 aliphatic carbocycles. The fourth-order valence-electron chi connectivity index (χ4n) is 5.44. The minimum absolute atomic E-state index is 0.126. The van der Waals surface area contributed by atoms with E-state index in [0.717, 1.165) is 5.56 Å². The molecule has 0 N–H and O–H groups in total. The molecule has 3 aromatic carbocycles. The zero-order valence-corrected chi connectivity index (χ0v) is 31.6. The van der Waals surface area contributed by atoms with Crippen LogP contribution in [0.15, 0.2) is 80.1 Å².